The maximum absolute atomic E-state index is 11.6. The zero-order valence-electron chi connectivity index (χ0n) is 10.4. The van der Waals surface area contributed by atoms with E-state index in [1.165, 1.54) is 17.5 Å². The molecular formula is C11H11N5OS2. The lowest BCUT2D eigenvalue weighted by molar-refractivity contribution is 0.675. The highest BCUT2D eigenvalue weighted by Gasteiger charge is 2.15. The van der Waals surface area contributed by atoms with Crippen molar-refractivity contribution in [3.8, 4) is 5.82 Å². The molecule has 3 aromatic rings. The van der Waals surface area contributed by atoms with E-state index in [-0.39, 0.29) is 0 Å². The minimum absolute atomic E-state index is 0.393. The van der Waals surface area contributed by atoms with Gasteiger partial charge in [-0.3, -0.25) is 8.78 Å². The van der Waals surface area contributed by atoms with Gasteiger partial charge >= 0.3 is 0 Å². The van der Waals surface area contributed by atoms with E-state index in [1.54, 1.807) is 22.2 Å². The van der Waals surface area contributed by atoms with E-state index in [4.69, 9.17) is 0 Å². The maximum atomic E-state index is 11.6. The van der Waals surface area contributed by atoms with Crippen molar-refractivity contribution in [3.05, 3.63) is 23.6 Å². The van der Waals surface area contributed by atoms with Crippen LogP contribution in [0.25, 0.3) is 16.0 Å². The second-order valence-corrected chi connectivity index (χ2v) is 6.31. The van der Waals surface area contributed by atoms with Gasteiger partial charge in [0.1, 0.15) is 17.5 Å². The number of fused-ring (bicyclic) bond motifs is 1. The molecule has 0 spiro atoms. The zero-order chi connectivity index (χ0) is 13.4. The van der Waals surface area contributed by atoms with Gasteiger partial charge < -0.3 is 0 Å². The molecule has 0 saturated heterocycles. The average molecular weight is 293 g/mol. The second kappa shape index (κ2) is 4.78. The number of nitrogens with zero attached hydrogens (tertiary/aromatic N) is 5. The van der Waals surface area contributed by atoms with Gasteiger partial charge in [-0.1, -0.05) is 6.92 Å². The smallest absolute Gasteiger partial charge is 0.226 e. The average Bonchev–Trinajstić information content (AvgIpc) is 3.04. The third-order valence-electron chi connectivity index (χ3n) is 2.71. The standard InChI is InChI=1S/C11H11N5OS2/c1-3-7-4-8-9(12-5-13-10(8)18-7)16-6-14-15-11(16)19(2)17/h4-6H,3H2,1-2H3/t19-/m1/s1. The van der Waals surface area contributed by atoms with Crippen molar-refractivity contribution in [2.24, 2.45) is 0 Å². The van der Waals surface area contributed by atoms with Crippen LogP contribution >= 0.6 is 11.3 Å². The molecule has 6 nitrogen and oxygen atoms in total. The molecule has 0 fully saturated rings. The first kappa shape index (κ1) is 12.4. The molecule has 0 bridgehead atoms. The van der Waals surface area contributed by atoms with Crippen LogP contribution in [0.3, 0.4) is 0 Å². The van der Waals surface area contributed by atoms with Gasteiger partial charge in [0.15, 0.2) is 5.82 Å². The first-order valence-electron chi connectivity index (χ1n) is 5.68. The van der Waals surface area contributed by atoms with Gasteiger partial charge in [-0.25, -0.2) is 9.97 Å². The van der Waals surface area contributed by atoms with Crippen LogP contribution in [0, 0.1) is 0 Å². The minimum atomic E-state index is -1.22. The second-order valence-electron chi connectivity index (χ2n) is 3.92. The van der Waals surface area contributed by atoms with Crippen LogP contribution in [0.1, 0.15) is 11.8 Å². The van der Waals surface area contributed by atoms with Crippen LogP contribution in [0.5, 0.6) is 0 Å². The Hall–Kier alpha value is -1.67. The summed E-state index contributed by atoms with van der Waals surface area (Å²) in [6.07, 6.45) is 5.57. The van der Waals surface area contributed by atoms with Crippen molar-refractivity contribution >= 4 is 32.4 Å². The van der Waals surface area contributed by atoms with Crippen molar-refractivity contribution in [2.45, 2.75) is 18.5 Å². The topological polar surface area (TPSA) is 73.6 Å². The summed E-state index contributed by atoms with van der Waals surface area (Å²) in [7, 11) is -1.22. The Kier molecular flexibility index (Phi) is 3.11. The number of aromatic nitrogens is 5. The van der Waals surface area contributed by atoms with E-state index in [2.05, 4.69) is 33.2 Å². The zero-order valence-corrected chi connectivity index (χ0v) is 12.0. The van der Waals surface area contributed by atoms with E-state index in [0.717, 1.165) is 16.6 Å². The summed E-state index contributed by atoms with van der Waals surface area (Å²) in [6, 6.07) is 2.07. The van der Waals surface area contributed by atoms with Crippen LogP contribution in [-0.2, 0) is 17.2 Å². The predicted octanol–water partition coefficient (Wildman–Crippen LogP) is 1.57. The van der Waals surface area contributed by atoms with Crippen molar-refractivity contribution in [1.82, 2.24) is 24.7 Å². The number of aryl methyl sites for hydroxylation is 1. The molecule has 98 valence electrons. The van der Waals surface area contributed by atoms with Crippen LogP contribution in [0.2, 0.25) is 0 Å². The molecule has 1 atom stereocenters. The van der Waals surface area contributed by atoms with Crippen LogP contribution in [0.4, 0.5) is 0 Å². The number of thiophene rings is 1. The van der Waals surface area contributed by atoms with Gasteiger partial charge in [0.25, 0.3) is 0 Å². The summed E-state index contributed by atoms with van der Waals surface area (Å²) in [5.41, 5.74) is 0. The fourth-order valence-electron chi connectivity index (χ4n) is 1.82. The van der Waals surface area contributed by atoms with Gasteiger partial charge in [0, 0.05) is 11.1 Å². The predicted molar refractivity (Wildman–Crippen MR) is 74.0 cm³/mol. The summed E-state index contributed by atoms with van der Waals surface area (Å²) in [6.45, 7) is 2.10. The van der Waals surface area contributed by atoms with Crippen molar-refractivity contribution in [1.29, 1.82) is 0 Å². The Bertz CT molecular complexity index is 763. The Morgan fingerprint density at radius 2 is 2.26 bits per heavy atom. The van der Waals surface area contributed by atoms with Crippen molar-refractivity contribution in [2.75, 3.05) is 6.26 Å². The molecule has 0 aliphatic carbocycles. The van der Waals surface area contributed by atoms with Gasteiger partial charge in [0.2, 0.25) is 5.16 Å². The first-order chi connectivity index (χ1) is 9.20. The summed E-state index contributed by atoms with van der Waals surface area (Å²) >= 11 is 1.64. The summed E-state index contributed by atoms with van der Waals surface area (Å²) < 4.78 is 13.3. The summed E-state index contributed by atoms with van der Waals surface area (Å²) in [4.78, 5) is 10.7. The van der Waals surface area contributed by atoms with Crippen LogP contribution in [-0.4, -0.2) is 35.2 Å². The fraction of sp³-hybridized carbons (Fsp3) is 0.273. The van der Waals surface area contributed by atoms with E-state index in [9.17, 15) is 4.21 Å². The Labute approximate surface area is 116 Å². The molecular weight excluding hydrogens is 282 g/mol. The van der Waals surface area contributed by atoms with E-state index in [0.29, 0.717) is 11.0 Å². The molecule has 0 aromatic carbocycles. The molecule has 19 heavy (non-hydrogen) atoms. The first-order valence-corrected chi connectivity index (χ1v) is 8.05. The highest BCUT2D eigenvalue weighted by molar-refractivity contribution is 7.84. The van der Waals surface area contributed by atoms with E-state index >= 15 is 0 Å². The van der Waals surface area contributed by atoms with E-state index < -0.39 is 10.8 Å². The highest BCUT2D eigenvalue weighted by Crippen LogP contribution is 2.28. The molecule has 0 radical (unpaired) electrons. The van der Waals surface area contributed by atoms with Gasteiger partial charge in [-0.05, 0) is 12.5 Å². The Morgan fingerprint density at radius 1 is 1.42 bits per heavy atom. The molecule has 0 saturated carbocycles. The van der Waals surface area contributed by atoms with Gasteiger partial charge in [-0.15, -0.1) is 21.5 Å². The van der Waals surface area contributed by atoms with E-state index in [1.807, 2.05) is 0 Å². The summed E-state index contributed by atoms with van der Waals surface area (Å²) in [5.74, 6) is 0.677. The van der Waals surface area contributed by atoms with Crippen molar-refractivity contribution in [3.63, 3.8) is 0 Å². The number of hydrogen-bond acceptors (Lipinski definition) is 6. The summed E-state index contributed by atoms with van der Waals surface area (Å²) in [5, 5.41) is 9.03. The third kappa shape index (κ3) is 2.06. The molecule has 0 aliphatic rings. The molecule has 3 rings (SSSR count). The number of rotatable bonds is 3. The lowest BCUT2D eigenvalue weighted by Crippen LogP contribution is -2.04. The number of hydrogen-bond donors (Lipinski definition) is 0. The minimum Gasteiger partial charge on any atom is -0.257 e. The lowest BCUT2D eigenvalue weighted by Gasteiger charge is -2.03. The highest BCUT2D eigenvalue weighted by atomic mass is 32.2. The normalized spacial score (nSPS) is 12.9. The molecule has 3 aromatic heterocycles. The quantitative estimate of drug-likeness (QED) is 0.733. The maximum Gasteiger partial charge on any atom is 0.226 e. The molecule has 0 unspecified atom stereocenters. The largest absolute Gasteiger partial charge is 0.257 e. The molecule has 3 heterocycles. The third-order valence-corrected chi connectivity index (χ3v) is 4.69. The molecule has 8 heteroatoms. The van der Waals surface area contributed by atoms with Crippen molar-refractivity contribution < 1.29 is 4.21 Å². The molecule has 0 aliphatic heterocycles. The van der Waals surface area contributed by atoms with Crippen LogP contribution < -0.4 is 0 Å². The van der Waals surface area contributed by atoms with Gasteiger partial charge in [0.05, 0.1) is 16.2 Å². The van der Waals surface area contributed by atoms with Gasteiger partial charge in [-0.2, -0.15) is 0 Å². The Balaban J connectivity index is 2.27. The SMILES string of the molecule is CCc1cc2c(-n3cnnc3[S@@](C)=O)ncnc2s1. The Morgan fingerprint density at radius 3 is 3.00 bits per heavy atom. The van der Waals surface area contributed by atoms with Crippen LogP contribution in [0.15, 0.2) is 23.9 Å². The lowest BCUT2D eigenvalue weighted by atomic mass is 10.3. The monoisotopic (exact) mass is 293 g/mol. The fourth-order valence-corrected chi connectivity index (χ4v) is 3.33. The molecule has 0 N–H and O–H groups in total. The molecule has 0 amide bonds.